The van der Waals surface area contributed by atoms with Crippen LogP contribution in [0.3, 0.4) is 0 Å². The van der Waals surface area contributed by atoms with Crippen LogP contribution in [-0.2, 0) is 6.42 Å². The number of aliphatic hydroxyl groups excluding tert-OH is 1. The van der Waals surface area contributed by atoms with E-state index in [9.17, 15) is 5.11 Å². The first-order valence-corrected chi connectivity index (χ1v) is 6.95. The molecule has 0 spiro atoms. The zero-order valence-corrected chi connectivity index (χ0v) is 11.5. The summed E-state index contributed by atoms with van der Waals surface area (Å²) in [7, 11) is 0. The predicted octanol–water partition coefficient (Wildman–Crippen LogP) is 3.11. The number of hydrogen-bond donors (Lipinski definition) is 1. The van der Waals surface area contributed by atoms with Crippen LogP contribution in [0.1, 0.15) is 47.5 Å². The van der Waals surface area contributed by atoms with Crippen LogP contribution in [0.5, 0.6) is 0 Å². The molecule has 2 atom stereocenters. The van der Waals surface area contributed by atoms with Gasteiger partial charge in [-0.15, -0.1) is 0 Å². The molecule has 0 saturated carbocycles. The van der Waals surface area contributed by atoms with Crippen LogP contribution in [0.15, 0.2) is 30.3 Å². The summed E-state index contributed by atoms with van der Waals surface area (Å²) in [6.45, 7) is 4.06. The third-order valence-electron chi connectivity index (χ3n) is 4.04. The van der Waals surface area contributed by atoms with Gasteiger partial charge < -0.3 is 5.11 Å². The SMILES string of the molecule is Cc1cc(C)n(C2CCCc3ccccc3C2O)n1. The summed E-state index contributed by atoms with van der Waals surface area (Å²) in [4.78, 5) is 0. The van der Waals surface area contributed by atoms with Gasteiger partial charge in [-0.25, -0.2) is 0 Å². The molecule has 19 heavy (non-hydrogen) atoms. The summed E-state index contributed by atoms with van der Waals surface area (Å²) >= 11 is 0. The number of hydrogen-bond acceptors (Lipinski definition) is 2. The lowest BCUT2D eigenvalue weighted by Gasteiger charge is -2.23. The Morgan fingerprint density at radius 3 is 2.79 bits per heavy atom. The molecular formula is C16H20N2O. The fourth-order valence-corrected chi connectivity index (χ4v) is 3.16. The van der Waals surface area contributed by atoms with Crippen LogP contribution in [0, 0.1) is 13.8 Å². The van der Waals surface area contributed by atoms with Crippen LogP contribution in [0.25, 0.3) is 0 Å². The van der Waals surface area contributed by atoms with Gasteiger partial charge >= 0.3 is 0 Å². The number of fused-ring (bicyclic) bond motifs is 1. The molecule has 2 aromatic rings. The molecule has 3 rings (SSSR count). The molecule has 0 aliphatic heterocycles. The van der Waals surface area contributed by atoms with Crippen molar-refractivity contribution in [1.82, 2.24) is 9.78 Å². The summed E-state index contributed by atoms with van der Waals surface area (Å²) in [6, 6.07) is 10.4. The summed E-state index contributed by atoms with van der Waals surface area (Å²) < 4.78 is 2.00. The van der Waals surface area contributed by atoms with E-state index < -0.39 is 6.10 Å². The lowest BCUT2D eigenvalue weighted by atomic mass is 9.99. The smallest absolute Gasteiger partial charge is 0.102 e. The second kappa shape index (κ2) is 4.82. The Morgan fingerprint density at radius 1 is 1.26 bits per heavy atom. The second-order valence-electron chi connectivity index (χ2n) is 5.47. The third-order valence-corrected chi connectivity index (χ3v) is 4.04. The molecule has 1 N–H and O–H groups in total. The summed E-state index contributed by atoms with van der Waals surface area (Å²) in [6.07, 6.45) is 2.65. The average Bonchev–Trinajstić information content (AvgIpc) is 2.64. The highest BCUT2D eigenvalue weighted by molar-refractivity contribution is 5.31. The van der Waals surface area contributed by atoms with Crippen molar-refractivity contribution in [2.75, 3.05) is 0 Å². The highest BCUT2D eigenvalue weighted by Gasteiger charge is 2.28. The number of benzene rings is 1. The van der Waals surface area contributed by atoms with Crippen molar-refractivity contribution in [2.24, 2.45) is 0 Å². The first-order chi connectivity index (χ1) is 9.16. The highest BCUT2D eigenvalue weighted by atomic mass is 16.3. The van der Waals surface area contributed by atoms with E-state index in [0.29, 0.717) is 0 Å². The predicted molar refractivity (Wildman–Crippen MR) is 75.1 cm³/mol. The molecule has 3 heteroatoms. The summed E-state index contributed by atoms with van der Waals surface area (Å²) in [5.74, 6) is 0. The fraction of sp³-hybridized carbons (Fsp3) is 0.438. The van der Waals surface area contributed by atoms with Gasteiger partial charge in [-0.05, 0) is 50.3 Å². The lowest BCUT2D eigenvalue weighted by Crippen LogP contribution is -2.19. The monoisotopic (exact) mass is 256 g/mol. The zero-order valence-electron chi connectivity index (χ0n) is 11.5. The van der Waals surface area contributed by atoms with Crippen LogP contribution in [0.4, 0.5) is 0 Å². The first-order valence-electron chi connectivity index (χ1n) is 6.95. The van der Waals surface area contributed by atoms with Gasteiger partial charge in [0, 0.05) is 5.69 Å². The van der Waals surface area contributed by atoms with E-state index in [4.69, 9.17) is 0 Å². The van der Waals surface area contributed by atoms with Crippen molar-refractivity contribution in [1.29, 1.82) is 0 Å². The van der Waals surface area contributed by atoms with Gasteiger partial charge in [-0.1, -0.05) is 24.3 Å². The van der Waals surface area contributed by atoms with Gasteiger partial charge in [-0.3, -0.25) is 4.68 Å². The maximum absolute atomic E-state index is 10.7. The van der Waals surface area contributed by atoms with Crippen LogP contribution in [-0.4, -0.2) is 14.9 Å². The number of aliphatic hydroxyl groups is 1. The minimum atomic E-state index is -0.461. The Balaban J connectivity index is 2.02. The van der Waals surface area contributed by atoms with Crippen molar-refractivity contribution in [3.63, 3.8) is 0 Å². The molecule has 0 fully saturated rings. The van der Waals surface area contributed by atoms with Crippen molar-refractivity contribution in [3.8, 4) is 0 Å². The molecular weight excluding hydrogens is 236 g/mol. The normalized spacial score (nSPS) is 22.9. The molecule has 1 aromatic carbocycles. The third kappa shape index (κ3) is 2.19. The molecule has 1 aliphatic carbocycles. The number of nitrogens with zero attached hydrogens (tertiary/aromatic N) is 2. The standard InChI is InChI=1S/C16H20N2O/c1-11-10-12(2)18(17-11)15-9-5-7-13-6-3-4-8-14(13)16(15)19/h3-4,6,8,10,15-16,19H,5,7,9H2,1-2H3. The number of rotatable bonds is 1. The Labute approximate surface area is 113 Å². The minimum Gasteiger partial charge on any atom is -0.386 e. The number of aromatic nitrogens is 2. The van der Waals surface area contributed by atoms with Crippen molar-refractivity contribution in [2.45, 2.75) is 45.3 Å². The Bertz CT molecular complexity index is 588. The van der Waals surface area contributed by atoms with Crippen molar-refractivity contribution >= 4 is 0 Å². The first kappa shape index (κ1) is 12.4. The van der Waals surface area contributed by atoms with Gasteiger partial charge in [0.05, 0.1) is 11.7 Å². The summed E-state index contributed by atoms with van der Waals surface area (Å²) in [5.41, 5.74) is 4.49. The maximum Gasteiger partial charge on any atom is 0.102 e. The van der Waals surface area contributed by atoms with E-state index in [1.807, 2.05) is 23.7 Å². The Kier molecular flexibility index (Phi) is 3.15. The fourth-order valence-electron chi connectivity index (χ4n) is 3.16. The molecule has 2 unspecified atom stereocenters. The molecule has 0 bridgehead atoms. The average molecular weight is 256 g/mol. The molecule has 0 amide bonds. The molecule has 0 radical (unpaired) electrons. The van der Waals surface area contributed by atoms with E-state index >= 15 is 0 Å². The lowest BCUT2D eigenvalue weighted by molar-refractivity contribution is 0.102. The van der Waals surface area contributed by atoms with Crippen LogP contribution in [0.2, 0.25) is 0 Å². The Morgan fingerprint density at radius 2 is 2.05 bits per heavy atom. The molecule has 1 aliphatic rings. The van der Waals surface area contributed by atoms with E-state index in [2.05, 4.69) is 30.2 Å². The maximum atomic E-state index is 10.7. The highest BCUT2D eigenvalue weighted by Crippen LogP contribution is 2.36. The molecule has 1 aromatic heterocycles. The van der Waals surface area contributed by atoms with Gasteiger partial charge in [0.1, 0.15) is 6.10 Å². The topological polar surface area (TPSA) is 38.0 Å². The zero-order chi connectivity index (χ0) is 13.4. The molecule has 100 valence electrons. The molecule has 1 heterocycles. The van der Waals surface area contributed by atoms with Crippen molar-refractivity contribution < 1.29 is 5.11 Å². The van der Waals surface area contributed by atoms with E-state index in [1.54, 1.807) is 0 Å². The largest absolute Gasteiger partial charge is 0.386 e. The van der Waals surface area contributed by atoms with E-state index in [-0.39, 0.29) is 6.04 Å². The quantitative estimate of drug-likeness (QED) is 0.796. The van der Waals surface area contributed by atoms with Crippen LogP contribution >= 0.6 is 0 Å². The van der Waals surface area contributed by atoms with Gasteiger partial charge in [0.2, 0.25) is 0 Å². The molecule has 3 nitrogen and oxygen atoms in total. The second-order valence-corrected chi connectivity index (χ2v) is 5.47. The van der Waals surface area contributed by atoms with Gasteiger partial charge in [-0.2, -0.15) is 5.10 Å². The van der Waals surface area contributed by atoms with Crippen molar-refractivity contribution in [3.05, 3.63) is 52.8 Å². The Hall–Kier alpha value is -1.61. The number of aryl methyl sites for hydroxylation is 3. The van der Waals surface area contributed by atoms with Gasteiger partial charge in [0.15, 0.2) is 0 Å². The van der Waals surface area contributed by atoms with Gasteiger partial charge in [0.25, 0.3) is 0 Å². The van der Waals surface area contributed by atoms with E-state index in [0.717, 1.165) is 36.2 Å². The van der Waals surface area contributed by atoms with Crippen LogP contribution < -0.4 is 0 Å². The minimum absolute atomic E-state index is 0.0531. The molecule has 0 saturated heterocycles. The summed E-state index contributed by atoms with van der Waals surface area (Å²) in [5, 5.41) is 15.3. The van der Waals surface area contributed by atoms with E-state index in [1.165, 1.54) is 5.56 Å².